The van der Waals surface area contributed by atoms with E-state index in [0.717, 1.165) is 38.2 Å². The maximum absolute atomic E-state index is 5.35. The number of ether oxygens (including phenoxy) is 2. The van der Waals surface area contributed by atoms with Gasteiger partial charge in [0.15, 0.2) is 0 Å². The molecule has 0 saturated carbocycles. The van der Waals surface area contributed by atoms with Crippen molar-refractivity contribution in [3.63, 3.8) is 0 Å². The van der Waals surface area contributed by atoms with Gasteiger partial charge in [-0.25, -0.2) is 0 Å². The topological polar surface area (TPSA) is 56.3 Å². The van der Waals surface area contributed by atoms with Gasteiger partial charge in [-0.05, 0) is 30.9 Å². The van der Waals surface area contributed by atoms with Crippen molar-refractivity contribution in [2.75, 3.05) is 33.5 Å². The first kappa shape index (κ1) is 13.5. The Labute approximate surface area is 100 Å². The highest BCUT2D eigenvalue weighted by molar-refractivity contribution is 7.03. The van der Waals surface area contributed by atoms with E-state index in [0.29, 0.717) is 13.2 Å². The molecule has 16 heavy (non-hydrogen) atoms. The van der Waals surface area contributed by atoms with Crippen molar-refractivity contribution in [1.29, 1.82) is 0 Å². The van der Waals surface area contributed by atoms with Gasteiger partial charge in [0.2, 0.25) is 0 Å². The molecule has 1 rings (SSSR count). The molecule has 0 aliphatic rings. The lowest BCUT2D eigenvalue weighted by Crippen LogP contribution is -2.15. The van der Waals surface area contributed by atoms with Crippen LogP contribution < -0.4 is 5.32 Å². The molecule has 1 N–H and O–H groups in total. The van der Waals surface area contributed by atoms with Crippen molar-refractivity contribution in [1.82, 2.24) is 14.9 Å². The van der Waals surface area contributed by atoms with Crippen LogP contribution in [0.1, 0.15) is 18.5 Å². The molecule has 92 valence electrons. The second-order valence-electron chi connectivity index (χ2n) is 3.39. The smallest absolute Gasteiger partial charge is 0.0893 e. The lowest BCUT2D eigenvalue weighted by atomic mass is 10.3. The van der Waals surface area contributed by atoms with E-state index in [9.17, 15) is 0 Å². The van der Waals surface area contributed by atoms with E-state index in [1.807, 2.05) is 5.38 Å². The fourth-order valence-corrected chi connectivity index (χ4v) is 1.63. The fourth-order valence-electron chi connectivity index (χ4n) is 1.18. The zero-order valence-electron chi connectivity index (χ0n) is 9.65. The minimum atomic E-state index is 0.676. The number of unbranched alkanes of at least 4 members (excludes halogenated alkanes) is 1. The van der Waals surface area contributed by atoms with E-state index < -0.39 is 0 Å². The highest BCUT2D eigenvalue weighted by atomic mass is 32.1. The van der Waals surface area contributed by atoms with Crippen LogP contribution in [0.5, 0.6) is 0 Å². The van der Waals surface area contributed by atoms with Gasteiger partial charge in [0.1, 0.15) is 0 Å². The van der Waals surface area contributed by atoms with E-state index in [1.165, 1.54) is 11.5 Å². The van der Waals surface area contributed by atoms with Crippen molar-refractivity contribution in [2.45, 2.75) is 19.4 Å². The SMILES string of the molecule is COCCOCCCCNCc1csnn1. The van der Waals surface area contributed by atoms with Crippen molar-refractivity contribution in [3.8, 4) is 0 Å². The molecule has 1 aromatic heterocycles. The normalized spacial score (nSPS) is 10.8. The Balaban J connectivity index is 1.78. The molecule has 0 spiro atoms. The van der Waals surface area contributed by atoms with Crippen LogP contribution in [-0.4, -0.2) is 43.1 Å². The van der Waals surface area contributed by atoms with Crippen molar-refractivity contribution in [3.05, 3.63) is 11.1 Å². The first-order valence-corrected chi connectivity index (χ1v) is 6.30. The van der Waals surface area contributed by atoms with Crippen molar-refractivity contribution in [2.24, 2.45) is 0 Å². The summed E-state index contributed by atoms with van der Waals surface area (Å²) in [6, 6.07) is 0. The lowest BCUT2D eigenvalue weighted by Gasteiger charge is -2.04. The summed E-state index contributed by atoms with van der Waals surface area (Å²) in [5.74, 6) is 0. The van der Waals surface area contributed by atoms with Gasteiger partial charge in [-0.3, -0.25) is 0 Å². The monoisotopic (exact) mass is 245 g/mol. The Kier molecular flexibility index (Phi) is 8.15. The summed E-state index contributed by atoms with van der Waals surface area (Å²) in [4.78, 5) is 0. The molecule has 0 fully saturated rings. The van der Waals surface area contributed by atoms with Gasteiger partial charge in [0.25, 0.3) is 0 Å². The number of hydrogen-bond donors (Lipinski definition) is 1. The number of nitrogens with one attached hydrogen (secondary N) is 1. The Morgan fingerprint density at radius 2 is 2.25 bits per heavy atom. The molecule has 0 aromatic carbocycles. The van der Waals surface area contributed by atoms with Gasteiger partial charge < -0.3 is 14.8 Å². The zero-order valence-corrected chi connectivity index (χ0v) is 10.5. The molecule has 1 heterocycles. The van der Waals surface area contributed by atoms with Crippen LogP contribution in [0.4, 0.5) is 0 Å². The molecule has 0 aliphatic carbocycles. The molecule has 0 aliphatic heterocycles. The van der Waals surface area contributed by atoms with Gasteiger partial charge in [-0.1, -0.05) is 4.49 Å². The highest BCUT2D eigenvalue weighted by Gasteiger charge is 1.95. The average molecular weight is 245 g/mol. The molecule has 0 amide bonds. The van der Waals surface area contributed by atoms with Crippen molar-refractivity contribution >= 4 is 11.5 Å². The predicted octanol–water partition coefficient (Wildman–Crippen LogP) is 1.07. The molecule has 0 atom stereocenters. The first-order chi connectivity index (χ1) is 7.93. The van der Waals surface area contributed by atoms with Crippen molar-refractivity contribution < 1.29 is 9.47 Å². The minimum Gasteiger partial charge on any atom is -0.382 e. The zero-order chi connectivity index (χ0) is 11.5. The number of methoxy groups -OCH3 is 1. The molecule has 5 nitrogen and oxygen atoms in total. The third kappa shape index (κ3) is 6.84. The first-order valence-electron chi connectivity index (χ1n) is 5.47. The maximum atomic E-state index is 5.35. The van der Waals surface area contributed by atoms with E-state index in [1.54, 1.807) is 7.11 Å². The Hall–Kier alpha value is -0.560. The molecule has 0 radical (unpaired) electrons. The largest absolute Gasteiger partial charge is 0.382 e. The fraction of sp³-hybridized carbons (Fsp3) is 0.800. The molecular weight excluding hydrogens is 226 g/mol. The standard InChI is InChI=1S/C10H19N3O2S/c1-14-6-7-15-5-3-2-4-11-8-10-9-16-13-12-10/h9,11H,2-8H2,1H3. The molecule has 0 saturated heterocycles. The van der Waals surface area contributed by atoms with Crippen LogP contribution in [0.2, 0.25) is 0 Å². The summed E-state index contributed by atoms with van der Waals surface area (Å²) in [6.45, 7) is 3.97. The molecule has 0 unspecified atom stereocenters. The maximum Gasteiger partial charge on any atom is 0.0893 e. The number of aromatic nitrogens is 2. The average Bonchev–Trinajstić information content (AvgIpc) is 2.80. The van der Waals surface area contributed by atoms with E-state index in [2.05, 4.69) is 14.9 Å². The minimum absolute atomic E-state index is 0.676. The van der Waals surface area contributed by atoms with E-state index in [4.69, 9.17) is 9.47 Å². The summed E-state index contributed by atoms with van der Waals surface area (Å²) in [6.07, 6.45) is 2.19. The number of rotatable bonds is 10. The number of nitrogens with zero attached hydrogens (tertiary/aromatic N) is 2. The van der Waals surface area contributed by atoms with Crippen LogP contribution in [0.25, 0.3) is 0 Å². The van der Waals surface area contributed by atoms with Gasteiger partial charge >= 0.3 is 0 Å². The van der Waals surface area contributed by atoms with E-state index >= 15 is 0 Å². The molecule has 1 aromatic rings. The summed E-state index contributed by atoms with van der Waals surface area (Å²) >= 11 is 1.39. The van der Waals surface area contributed by atoms with E-state index in [-0.39, 0.29) is 0 Å². The Bertz CT molecular complexity index is 244. The number of hydrogen-bond acceptors (Lipinski definition) is 6. The van der Waals surface area contributed by atoms with Gasteiger partial charge in [-0.2, -0.15) is 0 Å². The van der Waals surface area contributed by atoms with Gasteiger partial charge in [-0.15, -0.1) is 5.10 Å². The lowest BCUT2D eigenvalue weighted by molar-refractivity contribution is 0.0688. The van der Waals surface area contributed by atoms with Gasteiger partial charge in [0.05, 0.1) is 18.9 Å². The van der Waals surface area contributed by atoms with Crippen LogP contribution >= 0.6 is 11.5 Å². The quantitative estimate of drug-likeness (QED) is 0.625. The van der Waals surface area contributed by atoms with Gasteiger partial charge in [0, 0.05) is 25.6 Å². The summed E-state index contributed by atoms with van der Waals surface area (Å²) < 4.78 is 14.0. The molecule has 6 heteroatoms. The Morgan fingerprint density at radius 3 is 3.00 bits per heavy atom. The third-order valence-corrected chi connectivity index (χ3v) is 2.59. The third-order valence-electron chi connectivity index (χ3n) is 2.04. The van der Waals surface area contributed by atoms with Crippen LogP contribution in [0.3, 0.4) is 0 Å². The highest BCUT2D eigenvalue weighted by Crippen LogP contribution is 1.96. The second-order valence-corrected chi connectivity index (χ2v) is 4.00. The summed E-state index contributed by atoms with van der Waals surface area (Å²) in [5, 5.41) is 9.22. The summed E-state index contributed by atoms with van der Waals surface area (Å²) in [7, 11) is 1.68. The second kappa shape index (κ2) is 9.65. The van der Waals surface area contributed by atoms with Crippen LogP contribution in [0.15, 0.2) is 5.38 Å². The Morgan fingerprint density at radius 1 is 1.31 bits per heavy atom. The van der Waals surface area contributed by atoms with Crippen LogP contribution in [-0.2, 0) is 16.0 Å². The molecular formula is C10H19N3O2S. The van der Waals surface area contributed by atoms with Crippen LogP contribution in [0, 0.1) is 0 Å². The summed E-state index contributed by atoms with van der Waals surface area (Å²) in [5.41, 5.74) is 1.02. The molecule has 0 bridgehead atoms. The predicted molar refractivity (Wildman–Crippen MR) is 63.5 cm³/mol.